The molecule has 0 aliphatic carbocycles. The molecule has 0 spiro atoms. The molecule has 56 heavy (non-hydrogen) atoms. The number of carbonyl (C=O) groups is 1. The van der Waals surface area contributed by atoms with E-state index in [1.807, 2.05) is 42.6 Å². The van der Waals surface area contributed by atoms with E-state index in [9.17, 15) is 4.79 Å². The zero-order chi connectivity index (χ0) is 38.7. The van der Waals surface area contributed by atoms with Gasteiger partial charge in [0.1, 0.15) is 0 Å². The van der Waals surface area contributed by atoms with Crippen LogP contribution in [0.2, 0.25) is 17.3 Å². The van der Waals surface area contributed by atoms with Crippen LogP contribution in [0.25, 0.3) is 64.9 Å². The van der Waals surface area contributed by atoms with Crippen LogP contribution in [0.3, 0.4) is 0 Å². The minimum absolute atomic E-state index is 0. The molecule has 0 saturated heterocycles. The molecule has 3 aromatic heterocycles. The van der Waals surface area contributed by atoms with Gasteiger partial charge in [-0.2, -0.15) is 16.6 Å². The molecule has 8 heteroatoms. The van der Waals surface area contributed by atoms with E-state index in [0.717, 1.165) is 38.3 Å². The molecule has 5 aromatic carbocycles. The summed E-state index contributed by atoms with van der Waals surface area (Å²) in [7, 11) is 0. The summed E-state index contributed by atoms with van der Waals surface area (Å²) >= 11 is -0.116. The number of thiophene rings is 1. The average Bonchev–Trinajstić information content (AvgIpc) is 3.60. The number of pyridine rings is 2. The molecule has 0 atom stereocenters. The Morgan fingerprint density at radius 2 is 1.48 bits per heavy atom. The smallest absolute Gasteiger partial charge is 0 e. The van der Waals surface area contributed by atoms with E-state index in [4.69, 9.17) is 10.2 Å². The molecule has 0 aliphatic heterocycles. The molecule has 0 saturated carbocycles. The van der Waals surface area contributed by atoms with Crippen LogP contribution in [0.4, 0.5) is 0 Å². The van der Waals surface area contributed by atoms with Gasteiger partial charge >= 0.3 is 148 Å². The number of rotatable bonds is 7. The minimum atomic E-state index is -1.85. The Morgan fingerprint density at radius 3 is 2.18 bits per heavy atom. The maximum Gasteiger partial charge on any atom is 0 e. The van der Waals surface area contributed by atoms with Crippen molar-refractivity contribution in [1.29, 1.82) is 0 Å². The third-order valence-electron chi connectivity index (χ3n) is 9.78. The summed E-state index contributed by atoms with van der Waals surface area (Å²) in [6, 6.07) is 47.3. The summed E-state index contributed by atoms with van der Waals surface area (Å²) < 4.78 is 3.80. The quantitative estimate of drug-likeness (QED) is 0.0745. The average molecular weight is 992 g/mol. The van der Waals surface area contributed by atoms with Crippen molar-refractivity contribution < 1.29 is 35.0 Å². The van der Waals surface area contributed by atoms with Crippen molar-refractivity contribution >= 4 is 55.1 Å². The van der Waals surface area contributed by atoms with Gasteiger partial charge in [0.25, 0.3) is 0 Å². The van der Waals surface area contributed by atoms with Crippen molar-refractivity contribution in [2.24, 2.45) is 0 Å². The number of aryl methyl sites for hydroxylation is 1. The zero-order valence-electron chi connectivity index (χ0n) is 32.2. The number of carbonyl (C=O) groups excluding carboxylic acids is 1. The Morgan fingerprint density at radius 1 is 0.750 bits per heavy atom. The van der Waals surface area contributed by atoms with Gasteiger partial charge < -0.3 is 4.98 Å². The fourth-order valence-electron chi connectivity index (χ4n) is 6.88. The fraction of sp³-hybridized carbons (Fsp3) is 0.146. The normalized spacial score (nSPS) is 11.2. The fourth-order valence-corrected chi connectivity index (χ4v) is 11.8. The summed E-state index contributed by atoms with van der Waals surface area (Å²) in [5.41, 5.74) is 11.4. The van der Waals surface area contributed by atoms with Crippen LogP contribution in [-0.2, 0) is 25.0 Å². The second-order valence-corrected chi connectivity index (χ2v) is 26.5. The first-order valence-corrected chi connectivity index (χ1v) is 26.5. The molecule has 8 rings (SSSR count). The second-order valence-electron chi connectivity index (χ2n) is 15.0. The van der Waals surface area contributed by atoms with E-state index < -0.39 is 19.2 Å². The third-order valence-corrected chi connectivity index (χ3v) is 15.5. The van der Waals surface area contributed by atoms with Crippen LogP contribution in [0, 0.1) is 19.1 Å². The summed E-state index contributed by atoms with van der Waals surface area (Å²) in [5.74, 6) is 6.88. The van der Waals surface area contributed by atoms with E-state index in [-0.39, 0.29) is 20.1 Å². The Bertz CT molecular complexity index is 2630. The van der Waals surface area contributed by atoms with Gasteiger partial charge in [-0.1, -0.05) is 61.2 Å². The van der Waals surface area contributed by atoms with Gasteiger partial charge in [-0.3, -0.25) is 4.89 Å². The van der Waals surface area contributed by atoms with Crippen molar-refractivity contribution in [2.75, 3.05) is 0 Å². The zero-order valence-corrected chi connectivity index (χ0v) is 37.5. The van der Waals surface area contributed by atoms with Crippen molar-refractivity contribution in [1.82, 2.24) is 9.97 Å². The van der Waals surface area contributed by atoms with Crippen molar-refractivity contribution in [3.63, 3.8) is 0 Å². The minimum Gasteiger partial charge on any atom is 0 e. The van der Waals surface area contributed by atoms with Gasteiger partial charge in [-0.05, 0) is 51.0 Å². The monoisotopic (exact) mass is 993 g/mol. The molecule has 8 aromatic rings. The number of hydrogen-bond acceptors (Lipinski definition) is 6. The molecule has 0 aliphatic rings. The Kier molecular flexibility index (Phi) is 12.8. The number of nitrogens with zero attached hydrogens (tertiary/aromatic N) is 2. The number of fused-ring (bicyclic) bond motifs is 3. The number of aromatic nitrogens is 2. The van der Waals surface area contributed by atoms with Crippen LogP contribution < -0.4 is 4.40 Å². The van der Waals surface area contributed by atoms with Gasteiger partial charge in [0.15, 0.2) is 0 Å². The van der Waals surface area contributed by atoms with E-state index in [2.05, 4.69) is 139 Å². The molecular formula is C48H42GeIrN2O3S-2. The summed E-state index contributed by atoms with van der Waals surface area (Å²) in [6.45, 7) is 6.57. The number of benzene rings is 5. The molecule has 1 radical (unpaired) electrons. The van der Waals surface area contributed by atoms with Crippen LogP contribution in [0.5, 0.6) is 0 Å². The largest absolute Gasteiger partial charge is 0 e. The SMILES string of the molecule is CC(C)c1ccnc(-c2[c-]ccc3c2sc2c(-c4ccc(C(=O)OO)cc4)cccc23)c1.Cc1cc(-c2[c-]ccc(-c3ccccc3)c2)nc[c]1[Ge]([CH3])([CH3])[CH3].[Ir]. The summed E-state index contributed by atoms with van der Waals surface area (Å²) in [4.78, 5) is 24.7. The van der Waals surface area contributed by atoms with Crippen LogP contribution >= 0.6 is 11.3 Å². The van der Waals surface area contributed by atoms with Gasteiger partial charge in [-0.25, -0.2) is 4.79 Å². The molecule has 1 N–H and O–H groups in total. The Labute approximate surface area is 349 Å². The molecule has 283 valence electrons. The van der Waals surface area contributed by atoms with Crippen molar-refractivity contribution in [3.05, 3.63) is 163 Å². The molecule has 0 bridgehead atoms. The van der Waals surface area contributed by atoms with E-state index >= 15 is 0 Å². The van der Waals surface area contributed by atoms with Gasteiger partial charge in [-0.15, -0.1) is 23.8 Å². The predicted octanol–water partition coefficient (Wildman–Crippen LogP) is 12.4. The maximum atomic E-state index is 11.5. The van der Waals surface area contributed by atoms with E-state index in [0.29, 0.717) is 11.5 Å². The maximum absolute atomic E-state index is 11.5. The van der Waals surface area contributed by atoms with E-state index in [1.54, 1.807) is 23.5 Å². The Hall–Kier alpha value is -4.76. The van der Waals surface area contributed by atoms with Crippen LogP contribution in [-0.4, -0.2) is 34.5 Å². The summed E-state index contributed by atoms with van der Waals surface area (Å²) in [6.07, 6.45) is 3.96. The van der Waals surface area contributed by atoms with Crippen molar-refractivity contribution in [3.8, 4) is 44.8 Å². The van der Waals surface area contributed by atoms with E-state index in [1.165, 1.54) is 42.1 Å². The molecular weight excluding hydrogens is 949 g/mol. The molecule has 0 amide bonds. The first-order chi connectivity index (χ1) is 26.5. The molecule has 3 heterocycles. The predicted molar refractivity (Wildman–Crippen MR) is 231 cm³/mol. The molecule has 0 fully saturated rings. The van der Waals surface area contributed by atoms with Crippen LogP contribution in [0.1, 0.15) is 41.3 Å². The topological polar surface area (TPSA) is 72.3 Å². The second kappa shape index (κ2) is 17.6. The van der Waals surface area contributed by atoms with Gasteiger partial charge in [0, 0.05) is 31.0 Å². The van der Waals surface area contributed by atoms with Crippen molar-refractivity contribution in [2.45, 2.75) is 44.0 Å². The first kappa shape index (κ1) is 40.9. The third kappa shape index (κ3) is 8.78. The first-order valence-electron chi connectivity index (χ1n) is 18.3. The van der Waals surface area contributed by atoms with Crippen LogP contribution in [0.15, 0.2) is 134 Å². The summed E-state index contributed by atoms with van der Waals surface area (Å²) in [5, 5.41) is 11.0. The Balaban J connectivity index is 0.000000197. The van der Waals surface area contributed by atoms with Gasteiger partial charge in [0.05, 0.1) is 5.56 Å². The standard InChI is InChI=1S/C27H20NO3S.C21H22GeN.Ir/c1-16(2)19-13-14-28-24(15-19)23-8-4-7-22-21-6-3-5-20(25(21)32-26(22)23)17-9-11-18(12-10-17)27(29)31-30;1-16-13-21(23-15-20(16)22(2,3)4)19-12-8-11-18(14-19)17-9-6-5-7-10-17;/h3-7,9-16,30H,1-2H3;5-11,13-15H,1-4H3;/q2*-1;. The molecule has 5 nitrogen and oxygen atoms in total. The number of hydrogen-bond donors (Lipinski definition) is 1. The molecule has 0 unspecified atom stereocenters. The van der Waals surface area contributed by atoms with Gasteiger partial charge in [0.2, 0.25) is 0 Å².